The first-order valence-electron chi connectivity index (χ1n) is 6.06. The minimum absolute atomic E-state index is 0.0533. The van der Waals surface area contributed by atoms with Gasteiger partial charge in [-0.15, -0.1) is 0 Å². The van der Waals surface area contributed by atoms with Crippen LogP contribution >= 0.6 is 22.6 Å². The molecule has 0 atom stereocenters. The van der Waals surface area contributed by atoms with Crippen LogP contribution in [0, 0.1) is 3.57 Å². The molecule has 0 fully saturated rings. The van der Waals surface area contributed by atoms with E-state index in [0.717, 1.165) is 3.57 Å². The molecule has 108 valence electrons. The fourth-order valence-electron chi connectivity index (χ4n) is 1.65. The maximum absolute atomic E-state index is 11.9. The van der Waals surface area contributed by atoms with Crippen LogP contribution in [-0.2, 0) is 0 Å². The zero-order valence-electron chi connectivity index (χ0n) is 11.2. The normalized spacial score (nSPS) is 10.6. The first-order valence-corrected chi connectivity index (χ1v) is 7.14. The number of hydrogen-bond donors (Lipinski definition) is 2. The summed E-state index contributed by atoms with van der Waals surface area (Å²) in [6.07, 6.45) is 1.48. The average Bonchev–Trinajstić information content (AvgIpc) is 2.49. The van der Waals surface area contributed by atoms with Crippen LogP contribution < -0.4 is 10.2 Å². The predicted molar refractivity (Wildman–Crippen MR) is 88.9 cm³/mol. The van der Waals surface area contributed by atoms with E-state index in [4.69, 9.17) is 4.74 Å². The van der Waals surface area contributed by atoms with E-state index in [0.29, 0.717) is 16.9 Å². The van der Waals surface area contributed by atoms with Gasteiger partial charge in [-0.25, -0.2) is 5.43 Å². The smallest absolute Gasteiger partial charge is 0.272 e. The highest BCUT2D eigenvalue weighted by molar-refractivity contribution is 14.1. The van der Waals surface area contributed by atoms with Crippen molar-refractivity contribution in [3.8, 4) is 11.5 Å². The zero-order valence-corrected chi connectivity index (χ0v) is 13.4. The van der Waals surface area contributed by atoms with Gasteiger partial charge in [-0.3, -0.25) is 4.79 Å². The number of phenolic OH excluding ortho intramolecular Hbond substituents is 1. The third-order valence-corrected chi connectivity index (χ3v) is 3.64. The number of aromatic hydroxyl groups is 1. The first-order chi connectivity index (χ1) is 10.1. The van der Waals surface area contributed by atoms with E-state index in [-0.39, 0.29) is 11.7 Å². The van der Waals surface area contributed by atoms with Gasteiger partial charge < -0.3 is 9.84 Å². The van der Waals surface area contributed by atoms with Crippen molar-refractivity contribution in [3.63, 3.8) is 0 Å². The first kappa shape index (κ1) is 15.3. The van der Waals surface area contributed by atoms with Gasteiger partial charge in [-0.2, -0.15) is 5.10 Å². The van der Waals surface area contributed by atoms with Crippen molar-refractivity contribution >= 4 is 34.7 Å². The average molecular weight is 396 g/mol. The molecular weight excluding hydrogens is 383 g/mol. The van der Waals surface area contributed by atoms with Crippen LogP contribution in [0.25, 0.3) is 0 Å². The minimum Gasteiger partial charge on any atom is -0.504 e. The summed E-state index contributed by atoms with van der Waals surface area (Å²) in [5.41, 5.74) is 3.73. The topological polar surface area (TPSA) is 70.9 Å². The van der Waals surface area contributed by atoms with E-state index < -0.39 is 0 Å². The van der Waals surface area contributed by atoms with Crippen molar-refractivity contribution in [3.05, 3.63) is 57.2 Å². The number of hydrogen-bond acceptors (Lipinski definition) is 4. The fourth-order valence-corrected chi connectivity index (χ4v) is 2.28. The molecule has 2 aromatic rings. The van der Waals surface area contributed by atoms with Crippen LogP contribution in [0.4, 0.5) is 0 Å². The second-order valence-electron chi connectivity index (χ2n) is 4.11. The van der Waals surface area contributed by atoms with Gasteiger partial charge in [0.2, 0.25) is 0 Å². The Hall–Kier alpha value is -2.09. The molecule has 2 rings (SSSR count). The molecule has 0 saturated heterocycles. The van der Waals surface area contributed by atoms with Gasteiger partial charge in [0.05, 0.1) is 18.9 Å². The summed E-state index contributed by atoms with van der Waals surface area (Å²) in [4.78, 5) is 11.9. The van der Waals surface area contributed by atoms with Crippen molar-refractivity contribution in [2.24, 2.45) is 5.10 Å². The number of ether oxygens (including phenoxy) is 1. The molecule has 0 heterocycles. The highest BCUT2D eigenvalue weighted by Gasteiger charge is 2.07. The minimum atomic E-state index is -0.276. The Bertz CT molecular complexity index is 686. The van der Waals surface area contributed by atoms with E-state index in [9.17, 15) is 9.90 Å². The Balaban J connectivity index is 2.06. The molecule has 0 aromatic heterocycles. The lowest BCUT2D eigenvalue weighted by Gasteiger charge is -2.04. The number of benzene rings is 2. The van der Waals surface area contributed by atoms with Gasteiger partial charge in [-0.1, -0.05) is 12.1 Å². The molecule has 0 radical (unpaired) electrons. The Labute approximate surface area is 135 Å². The van der Waals surface area contributed by atoms with Gasteiger partial charge in [-0.05, 0) is 58.5 Å². The maximum Gasteiger partial charge on any atom is 0.272 e. The monoisotopic (exact) mass is 396 g/mol. The van der Waals surface area contributed by atoms with Crippen LogP contribution in [0.15, 0.2) is 47.6 Å². The number of halogens is 1. The summed E-state index contributed by atoms with van der Waals surface area (Å²) >= 11 is 2.09. The summed E-state index contributed by atoms with van der Waals surface area (Å²) in [6, 6.07) is 12.0. The highest BCUT2D eigenvalue weighted by atomic mass is 127. The molecule has 0 saturated carbocycles. The molecule has 0 unspecified atom stereocenters. The molecule has 0 aliphatic heterocycles. The summed E-state index contributed by atoms with van der Waals surface area (Å²) in [7, 11) is 1.47. The Morgan fingerprint density at radius 2 is 2.10 bits per heavy atom. The number of phenols is 1. The standard InChI is InChI=1S/C15H13IN2O3/c1-21-14-8-10(6-7-13(14)19)9-17-18-15(20)11-4-2-3-5-12(11)16/h2-9,19H,1H3,(H,18,20). The number of amides is 1. The molecule has 0 spiro atoms. The van der Waals surface area contributed by atoms with Crippen LogP contribution in [0.2, 0.25) is 0 Å². The summed E-state index contributed by atoms with van der Waals surface area (Å²) in [5, 5.41) is 13.4. The number of rotatable bonds is 4. The Kier molecular flexibility index (Phi) is 5.15. The number of nitrogens with one attached hydrogen (secondary N) is 1. The van der Waals surface area contributed by atoms with E-state index in [1.807, 2.05) is 12.1 Å². The molecule has 5 nitrogen and oxygen atoms in total. The number of hydrazone groups is 1. The fraction of sp³-hybridized carbons (Fsp3) is 0.0667. The third kappa shape index (κ3) is 3.94. The van der Waals surface area contributed by atoms with Gasteiger partial charge in [0.1, 0.15) is 0 Å². The SMILES string of the molecule is COc1cc(C=NNC(=O)c2ccccc2I)ccc1O. The molecule has 0 aliphatic carbocycles. The van der Waals surface area contributed by atoms with Gasteiger partial charge in [0.15, 0.2) is 11.5 Å². The van der Waals surface area contributed by atoms with Crippen LogP contribution in [0.3, 0.4) is 0 Å². The maximum atomic E-state index is 11.9. The lowest BCUT2D eigenvalue weighted by molar-refractivity contribution is 0.0954. The van der Waals surface area contributed by atoms with Crippen LogP contribution in [0.5, 0.6) is 11.5 Å². The van der Waals surface area contributed by atoms with E-state index in [1.54, 1.807) is 24.3 Å². The second kappa shape index (κ2) is 7.07. The largest absolute Gasteiger partial charge is 0.504 e. The van der Waals surface area contributed by atoms with Gasteiger partial charge >= 0.3 is 0 Å². The van der Waals surface area contributed by atoms with E-state index in [2.05, 4.69) is 33.1 Å². The molecule has 6 heteroatoms. The molecule has 2 aromatic carbocycles. The number of carbonyl (C=O) groups is 1. The van der Waals surface area contributed by atoms with Crippen molar-refractivity contribution < 1.29 is 14.6 Å². The van der Waals surface area contributed by atoms with Crippen molar-refractivity contribution in [2.75, 3.05) is 7.11 Å². The third-order valence-electron chi connectivity index (χ3n) is 2.70. The molecule has 2 N–H and O–H groups in total. The van der Waals surface area contributed by atoms with Gasteiger partial charge in [0, 0.05) is 3.57 Å². The van der Waals surface area contributed by atoms with Crippen LogP contribution in [-0.4, -0.2) is 24.3 Å². The van der Waals surface area contributed by atoms with Crippen LogP contribution in [0.1, 0.15) is 15.9 Å². The summed E-state index contributed by atoms with van der Waals surface area (Å²) in [5.74, 6) is 0.127. The number of nitrogens with zero attached hydrogens (tertiary/aromatic N) is 1. The number of carbonyl (C=O) groups excluding carboxylic acids is 1. The Morgan fingerprint density at radius 3 is 2.81 bits per heavy atom. The highest BCUT2D eigenvalue weighted by Crippen LogP contribution is 2.25. The van der Waals surface area contributed by atoms with Crippen molar-refractivity contribution in [1.82, 2.24) is 5.43 Å². The molecule has 21 heavy (non-hydrogen) atoms. The summed E-state index contributed by atoms with van der Waals surface area (Å²) < 4.78 is 5.85. The van der Waals surface area contributed by atoms with E-state index >= 15 is 0 Å². The molecule has 1 amide bonds. The number of methoxy groups -OCH3 is 1. The second-order valence-corrected chi connectivity index (χ2v) is 5.27. The molecule has 0 bridgehead atoms. The zero-order chi connectivity index (χ0) is 15.2. The summed E-state index contributed by atoms with van der Waals surface area (Å²) in [6.45, 7) is 0. The molecular formula is C15H13IN2O3. The Morgan fingerprint density at radius 1 is 1.33 bits per heavy atom. The van der Waals surface area contributed by atoms with Crippen molar-refractivity contribution in [1.29, 1.82) is 0 Å². The lowest BCUT2D eigenvalue weighted by atomic mass is 10.2. The quantitative estimate of drug-likeness (QED) is 0.475. The molecule has 0 aliphatic rings. The lowest BCUT2D eigenvalue weighted by Crippen LogP contribution is -2.18. The van der Waals surface area contributed by atoms with Crippen molar-refractivity contribution in [2.45, 2.75) is 0 Å². The van der Waals surface area contributed by atoms with E-state index in [1.165, 1.54) is 19.4 Å². The van der Waals surface area contributed by atoms with Gasteiger partial charge in [0.25, 0.3) is 5.91 Å². The predicted octanol–water partition coefficient (Wildman–Crippen LogP) is 2.77.